The van der Waals surface area contributed by atoms with Crippen LogP contribution in [0.5, 0.6) is 0 Å². The number of carbonyl (C=O) groups excluding carboxylic acids is 3. The largest absolute Gasteiger partial charge is 0.298 e. The summed E-state index contributed by atoms with van der Waals surface area (Å²) >= 11 is 1.41. The fourth-order valence-electron chi connectivity index (χ4n) is 3.49. The van der Waals surface area contributed by atoms with E-state index >= 15 is 0 Å². The third-order valence-corrected chi connectivity index (χ3v) is 5.97. The SMILES string of the molecule is Cc1c(C(=O)C2C(=O)CCCC2=O)ccc2sc(-c3cccc(F)c3)nc12. The van der Waals surface area contributed by atoms with Gasteiger partial charge in [-0.3, -0.25) is 14.4 Å². The lowest BCUT2D eigenvalue weighted by atomic mass is 9.81. The Bertz CT molecular complexity index is 1090. The van der Waals surface area contributed by atoms with Gasteiger partial charge in [0, 0.05) is 24.0 Å². The normalized spacial score (nSPS) is 15.5. The molecule has 2 aromatic carbocycles. The van der Waals surface area contributed by atoms with Gasteiger partial charge in [0.2, 0.25) is 0 Å². The Morgan fingerprint density at radius 2 is 1.89 bits per heavy atom. The van der Waals surface area contributed by atoms with E-state index in [0.717, 1.165) is 4.70 Å². The molecule has 0 radical (unpaired) electrons. The number of ketones is 3. The monoisotopic (exact) mass is 381 g/mol. The summed E-state index contributed by atoms with van der Waals surface area (Å²) in [6.07, 6.45) is 1.05. The highest BCUT2D eigenvalue weighted by Crippen LogP contribution is 2.34. The molecule has 27 heavy (non-hydrogen) atoms. The molecule has 0 saturated heterocycles. The van der Waals surface area contributed by atoms with Gasteiger partial charge in [0.15, 0.2) is 17.3 Å². The van der Waals surface area contributed by atoms with Gasteiger partial charge in [0.05, 0.1) is 10.2 Å². The summed E-state index contributed by atoms with van der Waals surface area (Å²) < 4.78 is 14.4. The summed E-state index contributed by atoms with van der Waals surface area (Å²) in [6.45, 7) is 1.77. The first kappa shape index (κ1) is 17.7. The number of rotatable bonds is 3. The molecule has 3 aromatic rings. The van der Waals surface area contributed by atoms with Crippen LogP contribution in [0.25, 0.3) is 20.8 Å². The Kier molecular flexibility index (Phi) is 4.44. The van der Waals surface area contributed by atoms with Crippen LogP contribution in [0.15, 0.2) is 36.4 Å². The molecule has 0 unspecified atom stereocenters. The van der Waals surface area contributed by atoms with Crippen LogP contribution in [0.2, 0.25) is 0 Å². The molecule has 6 heteroatoms. The van der Waals surface area contributed by atoms with E-state index < -0.39 is 11.7 Å². The minimum atomic E-state index is -1.18. The Morgan fingerprint density at radius 1 is 1.15 bits per heavy atom. The van der Waals surface area contributed by atoms with E-state index in [1.165, 1.54) is 23.5 Å². The molecule has 0 aliphatic heterocycles. The van der Waals surface area contributed by atoms with E-state index in [-0.39, 0.29) is 30.2 Å². The Labute approximate surface area is 159 Å². The summed E-state index contributed by atoms with van der Waals surface area (Å²) in [5.74, 6) is -2.56. The van der Waals surface area contributed by atoms with Crippen LogP contribution >= 0.6 is 11.3 Å². The third kappa shape index (κ3) is 3.10. The lowest BCUT2D eigenvalue weighted by Gasteiger charge is -2.19. The molecular formula is C21H16FNO3S. The van der Waals surface area contributed by atoms with Gasteiger partial charge in [-0.05, 0) is 43.2 Å². The van der Waals surface area contributed by atoms with Gasteiger partial charge >= 0.3 is 0 Å². The molecule has 1 fully saturated rings. The number of hydrogen-bond acceptors (Lipinski definition) is 5. The molecule has 0 N–H and O–H groups in total. The zero-order valence-electron chi connectivity index (χ0n) is 14.6. The molecule has 136 valence electrons. The summed E-state index contributed by atoms with van der Waals surface area (Å²) in [7, 11) is 0. The molecule has 0 spiro atoms. The molecule has 4 rings (SSSR count). The Hall–Kier alpha value is -2.73. The molecular weight excluding hydrogens is 365 g/mol. The zero-order chi connectivity index (χ0) is 19.1. The number of halogens is 1. The van der Waals surface area contributed by atoms with Crippen molar-refractivity contribution in [3.63, 3.8) is 0 Å². The predicted octanol–water partition coefficient (Wildman–Crippen LogP) is 4.53. The summed E-state index contributed by atoms with van der Waals surface area (Å²) in [5, 5.41) is 0.655. The van der Waals surface area contributed by atoms with Crippen molar-refractivity contribution in [2.45, 2.75) is 26.2 Å². The average molecular weight is 381 g/mol. The van der Waals surface area contributed by atoms with Crippen molar-refractivity contribution >= 4 is 38.9 Å². The van der Waals surface area contributed by atoms with E-state index in [1.807, 2.05) is 0 Å². The Morgan fingerprint density at radius 3 is 2.59 bits per heavy atom. The van der Waals surface area contributed by atoms with E-state index in [1.54, 1.807) is 31.2 Å². The van der Waals surface area contributed by atoms with Crippen molar-refractivity contribution in [1.29, 1.82) is 0 Å². The van der Waals surface area contributed by atoms with Gasteiger partial charge in [-0.2, -0.15) is 0 Å². The van der Waals surface area contributed by atoms with Crippen molar-refractivity contribution < 1.29 is 18.8 Å². The number of aryl methyl sites for hydroxylation is 1. The second-order valence-corrected chi connectivity index (χ2v) is 7.73. The number of Topliss-reactive ketones (excluding diaryl/α,β-unsaturated/α-hetero) is 3. The number of nitrogens with zero attached hydrogens (tertiary/aromatic N) is 1. The fourth-order valence-corrected chi connectivity index (χ4v) is 4.51. The molecule has 0 amide bonds. The standard InChI is InChI=1S/C21H16FNO3S/c1-11-14(20(26)18-15(24)6-3-7-16(18)25)8-9-17-19(11)23-21(27-17)12-4-2-5-13(22)10-12/h2,4-5,8-10,18H,3,6-7H2,1H3. The fraction of sp³-hybridized carbons (Fsp3) is 0.238. The molecule has 4 nitrogen and oxygen atoms in total. The number of benzene rings is 2. The highest BCUT2D eigenvalue weighted by Gasteiger charge is 2.37. The minimum absolute atomic E-state index is 0.268. The quantitative estimate of drug-likeness (QED) is 0.494. The molecule has 0 bridgehead atoms. The van der Waals surface area contributed by atoms with E-state index in [4.69, 9.17) is 0 Å². The van der Waals surface area contributed by atoms with Crippen LogP contribution in [0, 0.1) is 18.7 Å². The highest BCUT2D eigenvalue weighted by atomic mass is 32.1. The minimum Gasteiger partial charge on any atom is -0.298 e. The van der Waals surface area contributed by atoms with Gasteiger partial charge in [0.25, 0.3) is 0 Å². The number of aromatic nitrogens is 1. The summed E-state index contributed by atoms with van der Waals surface area (Å²) in [5.41, 5.74) is 2.30. The van der Waals surface area contributed by atoms with Crippen molar-refractivity contribution in [2.75, 3.05) is 0 Å². The van der Waals surface area contributed by atoms with Gasteiger partial charge in [-0.25, -0.2) is 9.37 Å². The first-order chi connectivity index (χ1) is 13.0. The van der Waals surface area contributed by atoms with Gasteiger partial charge in [0.1, 0.15) is 16.7 Å². The zero-order valence-corrected chi connectivity index (χ0v) is 15.4. The van der Waals surface area contributed by atoms with Crippen molar-refractivity contribution in [1.82, 2.24) is 4.98 Å². The molecule has 1 aromatic heterocycles. The molecule has 1 heterocycles. The maximum absolute atomic E-state index is 13.5. The lowest BCUT2D eigenvalue weighted by molar-refractivity contribution is -0.133. The van der Waals surface area contributed by atoms with E-state index in [0.29, 0.717) is 33.6 Å². The second-order valence-electron chi connectivity index (χ2n) is 6.70. The Balaban J connectivity index is 1.77. The van der Waals surface area contributed by atoms with Crippen LogP contribution in [-0.4, -0.2) is 22.3 Å². The third-order valence-electron chi connectivity index (χ3n) is 4.90. The molecule has 1 saturated carbocycles. The molecule has 1 aliphatic carbocycles. The predicted molar refractivity (Wildman–Crippen MR) is 101 cm³/mol. The van der Waals surface area contributed by atoms with E-state index in [2.05, 4.69) is 4.98 Å². The first-order valence-corrected chi connectivity index (χ1v) is 9.53. The van der Waals surface area contributed by atoms with Crippen molar-refractivity contribution in [3.8, 4) is 10.6 Å². The topological polar surface area (TPSA) is 64.1 Å². The van der Waals surface area contributed by atoms with Gasteiger partial charge < -0.3 is 0 Å². The van der Waals surface area contributed by atoms with Crippen LogP contribution in [0.3, 0.4) is 0 Å². The second kappa shape index (κ2) is 6.78. The number of thiazole rings is 1. The number of fused-ring (bicyclic) bond motifs is 1. The summed E-state index contributed by atoms with van der Waals surface area (Å²) in [4.78, 5) is 41.7. The smallest absolute Gasteiger partial charge is 0.181 e. The molecule has 0 atom stereocenters. The highest BCUT2D eigenvalue weighted by molar-refractivity contribution is 7.21. The maximum atomic E-state index is 13.5. The average Bonchev–Trinajstić information content (AvgIpc) is 3.07. The van der Waals surface area contributed by atoms with Crippen molar-refractivity contribution in [3.05, 3.63) is 53.3 Å². The number of carbonyl (C=O) groups is 3. The first-order valence-electron chi connectivity index (χ1n) is 8.71. The van der Waals surface area contributed by atoms with Crippen LogP contribution in [0.4, 0.5) is 4.39 Å². The van der Waals surface area contributed by atoms with Gasteiger partial charge in [-0.1, -0.05) is 12.1 Å². The lowest BCUT2D eigenvalue weighted by Crippen LogP contribution is -2.35. The number of hydrogen-bond donors (Lipinski definition) is 0. The van der Waals surface area contributed by atoms with Crippen LogP contribution < -0.4 is 0 Å². The van der Waals surface area contributed by atoms with Crippen LogP contribution in [0.1, 0.15) is 35.2 Å². The summed E-state index contributed by atoms with van der Waals surface area (Å²) in [6, 6.07) is 9.62. The van der Waals surface area contributed by atoms with Crippen LogP contribution in [-0.2, 0) is 9.59 Å². The van der Waals surface area contributed by atoms with Crippen molar-refractivity contribution in [2.24, 2.45) is 5.92 Å². The maximum Gasteiger partial charge on any atom is 0.181 e. The van der Waals surface area contributed by atoms with Gasteiger partial charge in [-0.15, -0.1) is 11.3 Å². The van der Waals surface area contributed by atoms with E-state index in [9.17, 15) is 18.8 Å². The molecule has 1 aliphatic rings.